The topological polar surface area (TPSA) is 61.7 Å². The van der Waals surface area contributed by atoms with Crippen LogP contribution in [0.2, 0.25) is 0 Å². The molecule has 0 radical (unpaired) electrons. The Morgan fingerprint density at radius 1 is 1.36 bits per heavy atom. The number of anilines is 1. The van der Waals surface area contributed by atoms with E-state index in [0.29, 0.717) is 5.82 Å². The number of aromatic nitrogens is 4. The molecule has 0 atom stereocenters. The van der Waals surface area contributed by atoms with E-state index in [1.165, 1.54) is 0 Å². The lowest BCUT2D eigenvalue weighted by Crippen LogP contribution is -1.96. The number of hydrogen-bond donors (Lipinski definition) is 1. The quantitative estimate of drug-likeness (QED) is 0.800. The van der Waals surface area contributed by atoms with E-state index >= 15 is 0 Å². The minimum Gasteiger partial charge on any atom is -0.384 e. The summed E-state index contributed by atoms with van der Waals surface area (Å²) in [5.74, 6) is 0.652. The van der Waals surface area contributed by atoms with Crippen molar-refractivity contribution >= 4 is 28.4 Å². The highest BCUT2D eigenvalue weighted by Crippen LogP contribution is 2.24. The standard InChI is InChI=1S/C8H10IN5/c1-13-7(10)3-6(12-13)5-4-11-14(2)8(5)9/h3-4H,10H2,1-2H3. The summed E-state index contributed by atoms with van der Waals surface area (Å²) in [5.41, 5.74) is 7.58. The third-order valence-electron chi connectivity index (χ3n) is 2.06. The molecule has 14 heavy (non-hydrogen) atoms. The highest BCUT2D eigenvalue weighted by Gasteiger charge is 2.11. The molecule has 0 aliphatic carbocycles. The normalized spacial score (nSPS) is 10.8. The van der Waals surface area contributed by atoms with Gasteiger partial charge in [0, 0.05) is 20.2 Å². The lowest BCUT2D eigenvalue weighted by molar-refractivity contribution is 0.747. The molecule has 0 saturated heterocycles. The highest BCUT2D eigenvalue weighted by molar-refractivity contribution is 14.1. The van der Waals surface area contributed by atoms with Crippen molar-refractivity contribution in [3.8, 4) is 11.3 Å². The van der Waals surface area contributed by atoms with E-state index in [4.69, 9.17) is 5.73 Å². The van der Waals surface area contributed by atoms with Gasteiger partial charge in [-0.2, -0.15) is 10.2 Å². The predicted octanol–water partition coefficient (Wildman–Crippen LogP) is 1.01. The second-order valence-electron chi connectivity index (χ2n) is 3.05. The molecular weight excluding hydrogens is 293 g/mol. The number of nitrogen functional groups attached to an aromatic ring is 1. The van der Waals surface area contributed by atoms with Crippen LogP contribution in [0.15, 0.2) is 12.3 Å². The largest absolute Gasteiger partial charge is 0.384 e. The molecule has 0 unspecified atom stereocenters. The van der Waals surface area contributed by atoms with Gasteiger partial charge in [0.25, 0.3) is 0 Å². The van der Waals surface area contributed by atoms with Crippen LogP contribution in [-0.2, 0) is 14.1 Å². The van der Waals surface area contributed by atoms with Crippen molar-refractivity contribution in [3.05, 3.63) is 16.0 Å². The van der Waals surface area contributed by atoms with Crippen LogP contribution in [0.4, 0.5) is 5.82 Å². The lowest BCUT2D eigenvalue weighted by atomic mass is 10.2. The molecule has 6 heteroatoms. The average molecular weight is 303 g/mol. The first-order chi connectivity index (χ1) is 6.59. The summed E-state index contributed by atoms with van der Waals surface area (Å²) >= 11 is 2.23. The first-order valence-electron chi connectivity index (χ1n) is 4.07. The van der Waals surface area contributed by atoms with Gasteiger partial charge in [0.2, 0.25) is 0 Å². The van der Waals surface area contributed by atoms with Gasteiger partial charge in [0.05, 0.1) is 17.5 Å². The van der Waals surface area contributed by atoms with E-state index in [9.17, 15) is 0 Å². The molecule has 0 aliphatic rings. The number of nitrogens with two attached hydrogens (primary N) is 1. The molecule has 2 N–H and O–H groups in total. The maximum absolute atomic E-state index is 5.71. The molecule has 2 aromatic rings. The van der Waals surface area contributed by atoms with Crippen LogP contribution in [0.25, 0.3) is 11.3 Å². The highest BCUT2D eigenvalue weighted by atomic mass is 127. The van der Waals surface area contributed by atoms with Crippen molar-refractivity contribution in [2.45, 2.75) is 0 Å². The zero-order valence-electron chi connectivity index (χ0n) is 7.90. The van der Waals surface area contributed by atoms with E-state index in [-0.39, 0.29) is 0 Å². The van der Waals surface area contributed by atoms with E-state index in [1.54, 1.807) is 15.6 Å². The minimum absolute atomic E-state index is 0.652. The van der Waals surface area contributed by atoms with Gasteiger partial charge in [-0.15, -0.1) is 0 Å². The van der Waals surface area contributed by atoms with Crippen LogP contribution in [-0.4, -0.2) is 19.6 Å². The molecule has 5 nitrogen and oxygen atoms in total. The van der Waals surface area contributed by atoms with E-state index in [0.717, 1.165) is 15.0 Å². The molecule has 2 aromatic heterocycles. The third-order valence-corrected chi connectivity index (χ3v) is 3.34. The van der Waals surface area contributed by atoms with Crippen LogP contribution in [0, 0.1) is 3.70 Å². The molecule has 0 aliphatic heterocycles. The summed E-state index contributed by atoms with van der Waals surface area (Å²) in [5, 5.41) is 8.44. The molecule has 0 bridgehead atoms. The van der Waals surface area contributed by atoms with Gasteiger partial charge >= 0.3 is 0 Å². The van der Waals surface area contributed by atoms with Crippen LogP contribution in [0.1, 0.15) is 0 Å². The maximum atomic E-state index is 5.71. The Balaban J connectivity index is 2.54. The van der Waals surface area contributed by atoms with Crippen molar-refractivity contribution in [2.75, 3.05) is 5.73 Å². The molecule has 2 heterocycles. The number of aryl methyl sites for hydroxylation is 2. The van der Waals surface area contributed by atoms with Gasteiger partial charge in [-0.1, -0.05) is 0 Å². The minimum atomic E-state index is 0.652. The number of rotatable bonds is 1. The van der Waals surface area contributed by atoms with Crippen molar-refractivity contribution in [1.29, 1.82) is 0 Å². The summed E-state index contributed by atoms with van der Waals surface area (Å²) in [6.07, 6.45) is 1.80. The van der Waals surface area contributed by atoms with Crippen molar-refractivity contribution in [3.63, 3.8) is 0 Å². The summed E-state index contributed by atoms with van der Waals surface area (Å²) in [6, 6.07) is 1.85. The molecule has 0 saturated carbocycles. The summed E-state index contributed by atoms with van der Waals surface area (Å²) in [7, 11) is 3.72. The lowest BCUT2D eigenvalue weighted by Gasteiger charge is -1.93. The van der Waals surface area contributed by atoms with Gasteiger partial charge in [0.15, 0.2) is 0 Å². The average Bonchev–Trinajstić information content (AvgIpc) is 2.61. The van der Waals surface area contributed by atoms with Crippen LogP contribution >= 0.6 is 22.6 Å². The fourth-order valence-electron chi connectivity index (χ4n) is 1.21. The fourth-order valence-corrected chi connectivity index (χ4v) is 1.75. The Kier molecular flexibility index (Phi) is 2.22. The van der Waals surface area contributed by atoms with Gasteiger partial charge in [-0.05, 0) is 22.6 Å². The summed E-state index contributed by atoms with van der Waals surface area (Å²) < 4.78 is 4.51. The van der Waals surface area contributed by atoms with Crippen molar-refractivity contribution in [2.24, 2.45) is 14.1 Å². The molecule has 0 aromatic carbocycles. The summed E-state index contributed by atoms with van der Waals surface area (Å²) in [6.45, 7) is 0. The smallest absolute Gasteiger partial charge is 0.121 e. The Bertz CT molecular complexity index is 451. The first kappa shape index (κ1) is 9.50. The van der Waals surface area contributed by atoms with Gasteiger partial charge in [-0.3, -0.25) is 9.36 Å². The fraction of sp³-hybridized carbons (Fsp3) is 0.250. The zero-order valence-corrected chi connectivity index (χ0v) is 10.1. The Labute approximate surface area is 95.0 Å². The monoisotopic (exact) mass is 303 g/mol. The molecule has 2 rings (SSSR count). The van der Waals surface area contributed by atoms with Crippen LogP contribution in [0.5, 0.6) is 0 Å². The molecule has 0 fully saturated rings. The van der Waals surface area contributed by atoms with Crippen LogP contribution < -0.4 is 5.73 Å². The van der Waals surface area contributed by atoms with Gasteiger partial charge < -0.3 is 5.73 Å². The molecule has 0 spiro atoms. The van der Waals surface area contributed by atoms with Gasteiger partial charge in [-0.25, -0.2) is 0 Å². The van der Waals surface area contributed by atoms with E-state index in [1.807, 2.05) is 20.2 Å². The SMILES string of the molecule is Cn1nc(-c2cnn(C)c2I)cc1N. The van der Waals surface area contributed by atoms with E-state index < -0.39 is 0 Å². The Morgan fingerprint density at radius 3 is 2.50 bits per heavy atom. The van der Waals surface area contributed by atoms with Crippen molar-refractivity contribution in [1.82, 2.24) is 19.6 Å². The number of nitrogens with zero attached hydrogens (tertiary/aromatic N) is 4. The first-order valence-corrected chi connectivity index (χ1v) is 5.15. The van der Waals surface area contributed by atoms with E-state index in [2.05, 4.69) is 32.8 Å². The second-order valence-corrected chi connectivity index (χ2v) is 4.07. The zero-order chi connectivity index (χ0) is 10.3. The Hall–Kier alpha value is -1.05. The molecular formula is C8H10IN5. The van der Waals surface area contributed by atoms with Crippen LogP contribution in [0.3, 0.4) is 0 Å². The van der Waals surface area contributed by atoms with Crippen molar-refractivity contribution < 1.29 is 0 Å². The number of halogens is 1. The maximum Gasteiger partial charge on any atom is 0.121 e. The summed E-state index contributed by atoms with van der Waals surface area (Å²) in [4.78, 5) is 0. The predicted molar refractivity (Wildman–Crippen MR) is 62.5 cm³/mol. The van der Waals surface area contributed by atoms with Gasteiger partial charge in [0.1, 0.15) is 9.52 Å². The third kappa shape index (κ3) is 1.39. The number of hydrogen-bond acceptors (Lipinski definition) is 3. The molecule has 0 amide bonds. The second kappa shape index (κ2) is 3.26. The molecule has 74 valence electrons. The Morgan fingerprint density at radius 2 is 2.07 bits per heavy atom.